The van der Waals surface area contributed by atoms with Crippen molar-refractivity contribution in [1.82, 2.24) is 4.98 Å². The summed E-state index contributed by atoms with van der Waals surface area (Å²) in [5.74, 6) is -0.0753. The van der Waals surface area contributed by atoms with E-state index in [1.807, 2.05) is 30.3 Å². The number of nitrogens with zero attached hydrogens (tertiary/aromatic N) is 2. The summed E-state index contributed by atoms with van der Waals surface area (Å²) in [6.45, 7) is 0. The number of aromatic hydroxyl groups is 1. The van der Waals surface area contributed by atoms with Gasteiger partial charge in [0.25, 0.3) is 0 Å². The minimum Gasteiger partial charge on any atom is -0.479 e. The molecule has 0 aliphatic carbocycles. The molecule has 5 heteroatoms. The molecule has 0 bridgehead atoms. The van der Waals surface area contributed by atoms with E-state index >= 15 is 0 Å². The molecule has 1 aliphatic rings. The fraction of sp³-hybridized carbons (Fsp3) is 0.100. The van der Waals surface area contributed by atoms with Crippen LogP contribution in [0.15, 0.2) is 57.9 Å². The second-order valence-electron chi connectivity index (χ2n) is 5.80. The van der Waals surface area contributed by atoms with E-state index in [1.54, 1.807) is 18.4 Å². The molecular weight excluding hydrogens is 319 g/mol. The lowest BCUT2D eigenvalue weighted by molar-refractivity contribution is 0.316. The van der Waals surface area contributed by atoms with Crippen molar-refractivity contribution < 1.29 is 13.9 Å². The summed E-state index contributed by atoms with van der Waals surface area (Å²) in [6.07, 6.45) is 4.55. The topological polar surface area (TPSA) is 58.6 Å². The van der Waals surface area contributed by atoms with Crippen molar-refractivity contribution in [1.29, 1.82) is 0 Å². The highest BCUT2D eigenvalue weighted by Gasteiger charge is 2.15. The van der Waals surface area contributed by atoms with E-state index in [9.17, 15) is 9.50 Å². The number of fused-ring (bicyclic) bond motifs is 1. The van der Waals surface area contributed by atoms with Gasteiger partial charge in [-0.2, -0.15) is 0 Å². The highest BCUT2D eigenvalue weighted by molar-refractivity contribution is 6.21. The maximum absolute atomic E-state index is 13.2. The molecular formula is C20H15FN2O2. The van der Waals surface area contributed by atoms with Crippen LogP contribution < -0.4 is 0 Å². The first-order chi connectivity index (χ1) is 12.2. The average molecular weight is 334 g/mol. The largest absolute Gasteiger partial charge is 0.479 e. The lowest BCUT2D eigenvalue weighted by Gasteiger charge is -1.98. The molecule has 0 atom stereocenters. The van der Waals surface area contributed by atoms with Gasteiger partial charge < -0.3 is 9.52 Å². The third-order valence-corrected chi connectivity index (χ3v) is 4.05. The van der Waals surface area contributed by atoms with Gasteiger partial charge in [-0.1, -0.05) is 30.3 Å². The van der Waals surface area contributed by atoms with Crippen LogP contribution in [-0.4, -0.2) is 16.3 Å². The van der Waals surface area contributed by atoms with E-state index in [4.69, 9.17) is 4.42 Å². The normalized spacial score (nSPS) is 14.2. The summed E-state index contributed by atoms with van der Waals surface area (Å²) < 4.78 is 18.5. The zero-order valence-corrected chi connectivity index (χ0v) is 13.3. The van der Waals surface area contributed by atoms with Gasteiger partial charge in [-0.15, -0.1) is 0 Å². The third kappa shape index (κ3) is 3.21. The second-order valence-corrected chi connectivity index (χ2v) is 5.80. The molecule has 25 heavy (non-hydrogen) atoms. The zero-order chi connectivity index (χ0) is 17.2. The van der Waals surface area contributed by atoms with Gasteiger partial charge in [0.15, 0.2) is 5.89 Å². The number of allylic oxidation sites excluding steroid dienone is 1. The molecule has 0 spiro atoms. The van der Waals surface area contributed by atoms with Crippen molar-refractivity contribution in [2.45, 2.75) is 12.8 Å². The van der Waals surface area contributed by atoms with Crippen molar-refractivity contribution in [2.75, 3.05) is 0 Å². The molecule has 4 nitrogen and oxygen atoms in total. The van der Waals surface area contributed by atoms with E-state index < -0.39 is 0 Å². The average Bonchev–Trinajstić information content (AvgIpc) is 3.18. The van der Waals surface area contributed by atoms with Gasteiger partial charge in [-0.25, -0.2) is 9.37 Å². The van der Waals surface area contributed by atoms with Gasteiger partial charge in [-0.3, -0.25) is 4.99 Å². The maximum Gasteiger partial charge on any atom is 0.310 e. The molecule has 4 rings (SSSR count). The molecule has 0 unspecified atom stereocenters. The van der Waals surface area contributed by atoms with Gasteiger partial charge in [-0.05, 0) is 36.3 Å². The number of aryl methyl sites for hydroxylation is 2. The number of halogens is 1. The standard InChI is InChI=1S/C20H15FN2O2/c21-15-5-3-4-13(10-15)8-9-19-23-18(20(24)25-19)11-14-12-22-17-7-2-1-6-16(14)17/h1-7,10-12,24H,8-9H2/b14-11+. The Kier molecular flexibility index (Phi) is 3.90. The van der Waals surface area contributed by atoms with E-state index in [0.29, 0.717) is 24.4 Å². The van der Waals surface area contributed by atoms with Crippen molar-refractivity contribution in [3.63, 3.8) is 0 Å². The van der Waals surface area contributed by atoms with Crippen molar-refractivity contribution >= 4 is 23.6 Å². The van der Waals surface area contributed by atoms with Crippen LogP contribution in [0, 0.1) is 5.82 Å². The van der Waals surface area contributed by atoms with Crippen molar-refractivity contribution in [3.8, 4) is 5.95 Å². The molecule has 1 aliphatic heterocycles. The summed E-state index contributed by atoms with van der Waals surface area (Å²) in [6, 6.07) is 14.2. The number of benzene rings is 2. The number of rotatable bonds is 4. The number of para-hydroxylation sites is 1. The van der Waals surface area contributed by atoms with Crippen LogP contribution in [0.2, 0.25) is 0 Å². The maximum atomic E-state index is 13.2. The monoisotopic (exact) mass is 334 g/mol. The highest BCUT2D eigenvalue weighted by atomic mass is 19.1. The van der Waals surface area contributed by atoms with Gasteiger partial charge in [0.05, 0.1) is 5.69 Å². The fourth-order valence-corrected chi connectivity index (χ4v) is 2.81. The molecule has 0 amide bonds. The number of aromatic nitrogens is 1. The smallest absolute Gasteiger partial charge is 0.310 e. The Labute approximate surface area is 144 Å². The Morgan fingerprint density at radius 3 is 2.84 bits per heavy atom. The summed E-state index contributed by atoms with van der Waals surface area (Å²) >= 11 is 0. The lowest BCUT2D eigenvalue weighted by atomic mass is 10.1. The van der Waals surface area contributed by atoms with Crippen molar-refractivity contribution in [3.05, 3.63) is 77.1 Å². The van der Waals surface area contributed by atoms with Crippen LogP contribution in [0.25, 0.3) is 11.6 Å². The molecule has 2 heterocycles. The molecule has 2 aromatic carbocycles. The van der Waals surface area contributed by atoms with Crippen LogP contribution in [0.5, 0.6) is 5.95 Å². The third-order valence-electron chi connectivity index (χ3n) is 4.05. The minimum absolute atomic E-state index is 0.223. The summed E-state index contributed by atoms with van der Waals surface area (Å²) in [5, 5.41) is 10.0. The van der Waals surface area contributed by atoms with E-state index in [1.165, 1.54) is 12.1 Å². The predicted molar refractivity (Wildman–Crippen MR) is 94.4 cm³/mol. The zero-order valence-electron chi connectivity index (χ0n) is 13.3. The fourth-order valence-electron chi connectivity index (χ4n) is 2.81. The number of aliphatic imine (C=N–C) groups is 1. The number of hydrogen-bond acceptors (Lipinski definition) is 4. The van der Waals surface area contributed by atoms with Crippen molar-refractivity contribution in [2.24, 2.45) is 4.99 Å². The Morgan fingerprint density at radius 1 is 1.08 bits per heavy atom. The van der Waals surface area contributed by atoms with Gasteiger partial charge >= 0.3 is 5.95 Å². The van der Waals surface area contributed by atoms with Crippen LogP contribution >= 0.6 is 0 Å². The Morgan fingerprint density at radius 2 is 1.96 bits per heavy atom. The van der Waals surface area contributed by atoms with E-state index in [0.717, 1.165) is 22.4 Å². The van der Waals surface area contributed by atoms with Crippen LogP contribution in [-0.2, 0) is 12.8 Å². The summed E-state index contributed by atoms with van der Waals surface area (Å²) in [5.41, 5.74) is 3.98. The Hall–Kier alpha value is -3.21. The first-order valence-corrected chi connectivity index (χ1v) is 7.97. The Bertz CT molecular complexity index is 989. The Balaban J connectivity index is 1.53. The van der Waals surface area contributed by atoms with Gasteiger partial charge in [0.2, 0.25) is 0 Å². The molecule has 1 N–H and O–H groups in total. The van der Waals surface area contributed by atoms with Gasteiger partial charge in [0.1, 0.15) is 11.5 Å². The summed E-state index contributed by atoms with van der Waals surface area (Å²) in [4.78, 5) is 8.66. The van der Waals surface area contributed by atoms with E-state index in [2.05, 4.69) is 9.98 Å². The second kappa shape index (κ2) is 6.36. The van der Waals surface area contributed by atoms with Crippen LogP contribution in [0.3, 0.4) is 0 Å². The molecule has 1 aromatic heterocycles. The quantitative estimate of drug-likeness (QED) is 0.761. The molecule has 0 radical (unpaired) electrons. The lowest BCUT2D eigenvalue weighted by Crippen LogP contribution is -1.92. The predicted octanol–water partition coefficient (Wildman–Crippen LogP) is 4.56. The number of hydrogen-bond donors (Lipinski definition) is 1. The molecule has 0 saturated carbocycles. The first kappa shape index (κ1) is 15.3. The molecule has 0 fully saturated rings. The number of oxazole rings is 1. The molecule has 124 valence electrons. The van der Waals surface area contributed by atoms with Crippen LogP contribution in [0.4, 0.5) is 10.1 Å². The minimum atomic E-state index is -0.266. The first-order valence-electron chi connectivity index (χ1n) is 7.97. The van der Waals surface area contributed by atoms with Crippen LogP contribution in [0.1, 0.15) is 22.7 Å². The van der Waals surface area contributed by atoms with E-state index in [-0.39, 0.29) is 11.8 Å². The molecule has 3 aromatic rings. The highest BCUT2D eigenvalue weighted by Crippen LogP contribution is 2.33. The van der Waals surface area contributed by atoms with Gasteiger partial charge in [0, 0.05) is 23.8 Å². The molecule has 0 saturated heterocycles. The SMILES string of the molecule is Oc1oc(CCc2cccc(F)c2)nc1/C=C1\C=Nc2ccccc21. The summed E-state index contributed by atoms with van der Waals surface area (Å²) in [7, 11) is 0.